The Labute approximate surface area is 144 Å². The van der Waals surface area contributed by atoms with Crippen molar-refractivity contribution in [1.82, 2.24) is 5.32 Å². The molecule has 4 nitrogen and oxygen atoms in total. The molecular formula is C18H19BrN2O2. The van der Waals surface area contributed by atoms with Crippen LogP contribution in [-0.2, 0) is 6.42 Å². The lowest BCUT2D eigenvalue weighted by Crippen LogP contribution is -2.34. The fourth-order valence-corrected chi connectivity index (χ4v) is 3.39. The molecule has 1 amide bonds. The van der Waals surface area contributed by atoms with E-state index in [4.69, 9.17) is 4.74 Å². The first-order valence-corrected chi connectivity index (χ1v) is 8.43. The second kappa shape index (κ2) is 7.04. The van der Waals surface area contributed by atoms with Gasteiger partial charge in [0, 0.05) is 30.9 Å². The molecule has 0 saturated carbocycles. The predicted octanol–water partition coefficient (Wildman–Crippen LogP) is 3.25. The number of hydrogen-bond donors (Lipinski definition) is 1. The molecule has 23 heavy (non-hydrogen) atoms. The van der Waals surface area contributed by atoms with E-state index in [0.717, 1.165) is 29.7 Å². The minimum absolute atomic E-state index is 0.0687. The van der Waals surface area contributed by atoms with Gasteiger partial charge in [-0.2, -0.15) is 0 Å². The maximum Gasteiger partial charge on any atom is 0.251 e. The summed E-state index contributed by atoms with van der Waals surface area (Å²) < 4.78 is 5.96. The van der Waals surface area contributed by atoms with E-state index < -0.39 is 0 Å². The third-order valence-corrected chi connectivity index (χ3v) is 4.68. The van der Waals surface area contributed by atoms with Crippen molar-refractivity contribution in [2.45, 2.75) is 6.42 Å². The van der Waals surface area contributed by atoms with Crippen LogP contribution in [0.25, 0.3) is 0 Å². The standard InChI is InChI=1S/C18H19BrN2O2/c1-23-17-7-6-14(12-15(17)19)18(22)20-9-11-21-10-8-13-4-2-3-5-16(13)21/h2-7,12H,8-11H2,1H3,(H,20,22). The number of amides is 1. The Bertz CT molecular complexity index is 718. The van der Waals surface area contributed by atoms with Crippen LogP contribution in [-0.4, -0.2) is 32.7 Å². The molecule has 1 aliphatic heterocycles. The third-order valence-electron chi connectivity index (χ3n) is 4.06. The Balaban J connectivity index is 1.55. The molecule has 120 valence electrons. The molecule has 0 saturated heterocycles. The number of ether oxygens (including phenoxy) is 1. The second-order valence-electron chi connectivity index (χ2n) is 5.47. The van der Waals surface area contributed by atoms with Crippen LogP contribution in [0.15, 0.2) is 46.9 Å². The van der Waals surface area contributed by atoms with Crippen molar-refractivity contribution < 1.29 is 9.53 Å². The Kier molecular flexibility index (Phi) is 4.86. The van der Waals surface area contributed by atoms with Gasteiger partial charge >= 0.3 is 0 Å². The topological polar surface area (TPSA) is 41.6 Å². The molecule has 0 atom stereocenters. The normalized spacial score (nSPS) is 12.9. The number of hydrogen-bond acceptors (Lipinski definition) is 3. The maximum absolute atomic E-state index is 12.2. The number of nitrogens with one attached hydrogen (secondary N) is 1. The molecule has 0 spiro atoms. The Morgan fingerprint density at radius 2 is 2.13 bits per heavy atom. The first-order valence-electron chi connectivity index (χ1n) is 7.63. The lowest BCUT2D eigenvalue weighted by atomic mass is 10.2. The Morgan fingerprint density at radius 1 is 1.30 bits per heavy atom. The highest BCUT2D eigenvalue weighted by atomic mass is 79.9. The van der Waals surface area contributed by atoms with Gasteiger partial charge < -0.3 is 15.0 Å². The largest absolute Gasteiger partial charge is 0.496 e. The summed E-state index contributed by atoms with van der Waals surface area (Å²) >= 11 is 3.40. The SMILES string of the molecule is COc1ccc(C(=O)NCCN2CCc3ccccc32)cc1Br. The van der Waals surface area contributed by atoms with Gasteiger partial charge in [-0.1, -0.05) is 18.2 Å². The molecule has 3 rings (SSSR count). The zero-order valence-electron chi connectivity index (χ0n) is 13.0. The van der Waals surface area contributed by atoms with Gasteiger partial charge in [0.15, 0.2) is 0 Å². The van der Waals surface area contributed by atoms with Crippen LogP contribution in [0.4, 0.5) is 5.69 Å². The van der Waals surface area contributed by atoms with E-state index in [1.54, 1.807) is 25.3 Å². The quantitative estimate of drug-likeness (QED) is 0.873. The van der Waals surface area contributed by atoms with Gasteiger partial charge in [-0.3, -0.25) is 4.79 Å². The minimum atomic E-state index is -0.0687. The lowest BCUT2D eigenvalue weighted by Gasteiger charge is -2.19. The van der Waals surface area contributed by atoms with Crippen LogP contribution in [0.5, 0.6) is 5.75 Å². The summed E-state index contributed by atoms with van der Waals surface area (Å²) in [4.78, 5) is 14.5. The molecule has 2 aromatic carbocycles. The van der Waals surface area contributed by atoms with Gasteiger partial charge in [0.2, 0.25) is 0 Å². The molecule has 0 unspecified atom stereocenters. The van der Waals surface area contributed by atoms with E-state index in [9.17, 15) is 4.79 Å². The number of fused-ring (bicyclic) bond motifs is 1. The highest BCUT2D eigenvalue weighted by Crippen LogP contribution is 2.27. The van der Waals surface area contributed by atoms with E-state index in [0.29, 0.717) is 12.1 Å². The van der Waals surface area contributed by atoms with E-state index in [-0.39, 0.29) is 5.91 Å². The summed E-state index contributed by atoms with van der Waals surface area (Å²) in [6.45, 7) is 2.46. The number of nitrogens with zero attached hydrogens (tertiary/aromatic N) is 1. The van der Waals surface area contributed by atoms with E-state index in [2.05, 4.69) is 50.4 Å². The summed E-state index contributed by atoms with van der Waals surface area (Å²) in [7, 11) is 1.60. The van der Waals surface area contributed by atoms with Crippen LogP contribution in [0.3, 0.4) is 0 Å². The maximum atomic E-state index is 12.2. The van der Waals surface area contributed by atoms with Crippen molar-refractivity contribution in [2.24, 2.45) is 0 Å². The van der Waals surface area contributed by atoms with Crippen LogP contribution < -0.4 is 15.0 Å². The van der Waals surface area contributed by atoms with Crippen LogP contribution in [0, 0.1) is 0 Å². The average Bonchev–Trinajstić information content (AvgIpc) is 2.98. The molecular weight excluding hydrogens is 356 g/mol. The second-order valence-corrected chi connectivity index (χ2v) is 6.33. The van der Waals surface area contributed by atoms with Crippen molar-refractivity contribution in [1.29, 1.82) is 0 Å². The number of carbonyl (C=O) groups excluding carboxylic acids is 1. The Hall–Kier alpha value is -2.01. The monoisotopic (exact) mass is 374 g/mol. The van der Waals surface area contributed by atoms with Crippen molar-refractivity contribution in [2.75, 3.05) is 31.6 Å². The van der Waals surface area contributed by atoms with Crippen LogP contribution >= 0.6 is 15.9 Å². The van der Waals surface area contributed by atoms with Crippen LogP contribution in [0.1, 0.15) is 15.9 Å². The van der Waals surface area contributed by atoms with Crippen LogP contribution in [0.2, 0.25) is 0 Å². The molecule has 1 N–H and O–H groups in total. The zero-order chi connectivity index (χ0) is 16.2. The summed E-state index contributed by atoms with van der Waals surface area (Å²) in [6.07, 6.45) is 1.08. The van der Waals surface area contributed by atoms with Gasteiger partial charge in [-0.25, -0.2) is 0 Å². The van der Waals surface area contributed by atoms with Gasteiger partial charge in [0.1, 0.15) is 5.75 Å². The van der Waals surface area contributed by atoms with Crippen molar-refractivity contribution in [3.8, 4) is 5.75 Å². The van der Waals surface area contributed by atoms with E-state index >= 15 is 0 Å². The number of para-hydroxylation sites is 1. The summed E-state index contributed by atoms with van der Waals surface area (Å²) in [5, 5.41) is 2.98. The van der Waals surface area contributed by atoms with Gasteiger partial charge in [-0.15, -0.1) is 0 Å². The van der Waals surface area contributed by atoms with Crippen molar-refractivity contribution in [3.05, 3.63) is 58.1 Å². The fourth-order valence-electron chi connectivity index (χ4n) is 2.85. The van der Waals surface area contributed by atoms with Gasteiger partial charge in [-0.05, 0) is 52.2 Å². The summed E-state index contributed by atoms with van der Waals surface area (Å²) in [5.41, 5.74) is 3.30. The highest BCUT2D eigenvalue weighted by Gasteiger charge is 2.18. The fraction of sp³-hybridized carbons (Fsp3) is 0.278. The molecule has 0 aliphatic carbocycles. The smallest absolute Gasteiger partial charge is 0.251 e. The molecule has 0 aromatic heterocycles. The molecule has 1 aliphatic rings. The summed E-state index contributed by atoms with van der Waals surface area (Å²) in [6, 6.07) is 13.8. The van der Waals surface area contributed by atoms with E-state index in [1.807, 2.05) is 0 Å². The number of benzene rings is 2. The van der Waals surface area contributed by atoms with E-state index in [1.165, 1.54) is 11.3 Å². The molecule has 5 heteroatoms. The van der Waals surface area contributed by atoms with Crippen molar-refractivity contribution >= 4 is 27.5 Å². The number of carbonyl (C=O) groups is 1. The first kappa shape index (κ1) is 15.9. The average molecular weight is 375 g/mol. The number of halogens is 1. The summed E-state index contributed by atoms with van der Waals surface area (Å²) in [5.74, 6) is 0.649. The minimum Gasteiger partial charge on any atom is -0.496 e. The molecule has 0 radical (unpaired) electrons. The zero-order valence-corrected chi connectivity index (χ0v) is 14.6. The molecule has 1 heterocycles. The number of anilines is 1. The first-order chi connectivity index (χ1) is 11.2. The molecule has 2 aromatic rings. The Morgan fingerprint density at radius 3 is 2.91 bits per heavy atom. The lowest BCUT2D eigenvalue weighted by molar-refractivity contribution is 0.0954. The van der Waals surface area contributed by atoms with Gasteiger partial charge in [0.25, 0.3) is 5.91 Å². The molecule has 0 fully saturated rings. The highest BCUT2D eigenvalue weighted by molar-refractivity contribution is 9.10. The third kappa shape index (κ3) is 3.50. The molecule has 0 bridgehead atoms. The number of methoxy groups -OCH3 is 1. The number of rotatable bonds is 5. The van der Waals surface area contributed by atoms with Gasteiger partial charge in [0.05, 0.1) is 11.6 Å². The van der Waals surface area contributed by atoms with Crippen molar-refractivity contribution in [3.63, 3.8) is 0 Å². The predicted molar refractivity (Wildman–Crippen MR) is 95.4 cm³/mol.